The Bertz CT molecular complexity index is 777. The smallest absolute Gasteiger partial charge is 0.193 e. The van der Waals surface area contributed by atoms with Gasteiger partial charge in [0.15, 0.2) is 5.78 Å². The molecule has 0 aliphatic rings. The number of hydrogen-bond acceptors (Lipinski definition) is 2. The molecular weight excluding hydrogens is 335 g/mol. The SMILES string of the molecule is O=C(c1ccc(F)cc1)c1cc(Br)ccc1-c1ccco1. The van der Waals surface area contributed by atoms with Gasteiger partial charge < -0.3 is 4.42 Å². The van der Waals surface area contributed by atoms with Gasteiger partial charge in [-0.25, -0.2) is 4.39 Å². The highest BCUT2D eigenvalue weighted by Crippen LogP contribution is 2.29. The van der Waals surface area contributed by atoms with Gasteiger partial charge in [0.1, 0.15) is 11.6 Å². The first-order valence-corrected chi connectivity index (χ1v) is 7.08. The van der Waals surface area contributed by atoms with E-state index >= 15 is 0 Å². The Morgan fingerprint density at radius 1 is 1.05 bits per heavy atom. The van der Waals surface area contributed by atoms with Gasteiger partial charge in [-0.3, -0.25) is 4.79 Å². The fraction of sp³-hybridized carbons (Fsp3) is 0. The fourth-order valence-electron chi connectivity index (χ4n) is 2.11. The van der Waals surface area contributed by atoms with Crippen molar-refractivity contribution < 1.29 is 13.6 Å². The van der Waals surface area contributed by atoms with Gasteiger partial charge in [0, 0.05) is 21.2 Å². The zero-order chi connectivity index (χ0) is 14.8. The predicted octanol–water partition coefficient (Wildman–Crippen LogP) is 5.08. The molecule has 1 heterocycles. The first-order chi connectivity index (χ1) is 10.1. The Morgan fingerprint density at radius 3 is 2.48 bits per heavy atom. The van der Waals surface area contributed by atoms with E-state index in [4.69, 9.17) is 4.42 Å². The standard InChI is InChI=1S/C17H10BrFO2/c18-12-5-8-14(16-2-1-9-21-16)15(10-12)17(20)11-3-6-13(19)7-4-11/h1-10H. The Labute approximate surface area is 129 Å². The third-order valence-electron chi connectivity index (χ3n) is 3.12. The molecule has 104 valence electrons. The summed E-state index contributed by atoms with van der Waals surface area (Å²) in [7, 11) is 0. The number of halogens is 2. The number of rotatable bonds is 3. The molecular formula is C17H10BrFO2. The predicted molar refractivity (Wildman–Crippen MR) is 81.7 cm³/mol. The summed E-state index contributed by atoms with van der Waals surface area (Å²) in [5.41, 5.74) is 1.64. The largest absolute Gasteiger partial charge is 0.464 e. The van der Waals surface area contributed by atoms with E-state index in [9.17, 15) is 9.18 Å². The summed E-state index contributed by atoms with van der Waals surface area (Å²) in [4.78, 5) is 12.6. The number of furan rings is 1. The quantitative estimate of drug-likeness (QED) is 0.620. The Morgan fingerprint density at radius 2 is 1.81 bits per heavy atom. The van der Waals surface area contributed by atoms with E-state index < -0.39 is 0 Å². The lowest BCUT2D eigenvalue weighted by atomic mass is 9.97. The van der Waals surface area contributed by atoms with E-state index in [0.717, 1.165) is 4.47 Å². The molecule has 4 heteroatoms. The Balaban J connectivity index is 2.11. The minimum atomic E-state index is -0.368. The second-order valence-electron chi connectivity index (χ2n) is 4.50. The summed E-state index contributed by atoms with van der Waals surface area (Å²) in [5.74, 6) is 0.0720. The molecule has 0 unspecified atom stereocenters. The van der Waals surface area contributed by atoms with Crippen LogP contribution in [0.5, 0.6) is 0 Å². The number of ketones is 1. The topological polar surface area (TPSA) is 30.2 Å². The van der Waals surface area contributed by atoms with Crippen LogP contribution in [0.2, 0.25) is 0 Å². The van der Waals surface area contributed by atoms with Gasteiger partial charge in [-0.15, -0.1) is 0 Å². The lowest BCUT2D eigenvalue weighted by Crippen LogP contribution is -2.03. The number of benzene rings is 2. The minimum absolute atomic E-state index is 0.178. The van der Waals surface area contributed by atoms with E-state index in [1.165, 1.54) is 24.3 Å². The Hall–Kier alpha value is -2.20. The number of carbonyl (C=O) groups excluding carboxylic acids is 1. The highest BCUT2D eigenvalue weighted by Gasteiger charge is 2.17. The second-order valence-corrected chi connectivity index (χ2v) is 5.42. The maximum atomic E-state index is 13.0. The lowest BCUT2D eigenvalue weighted by Gasteiger charge is -2.08. The first kappa shape index (κ1) is 13.8. The van der Waals surface area contributed by atoms with Gasteiger partial charge in [-0.1, -0.05) is 15.9 Å². The van der Waals surface area contributed by atoms with Crippen LogP contribution >= 0.6 is 15.9 Å². The van der Waals surface area contributed by atoms with Crippen LogP contribution in [-0.2, 0) is 0 Å². The minimum Gasteiger partial charge on any atom is -0.464 e. The number of hydrogen-bond donors (Lipinski definition) is 0. The molecule has 3 aromatic rings. The average Bonchev–Trinajstić information content (AvgIpc) is 3.01. The van der Waals surface area contributed by atoms with Gasteiger partial charge >= 0.3 is 0 Å². The van der Waals surface area contributed by atoms with Crippen molar-refractivity contribution >= 4 is 21.7 Å². The van der Waals surface area contributed by atoms with Crippen molar-refractivity contribution in [2.45, 2.75) is 0 Å². The van der Waals surface area contributed by atoms with Crippen LogP contribution in [0.3, 0.4) is 0 Å². The van der Waals surface area contributed by atoms with E-state index in [0.29, 0.717) is 22.5 Å². The van der Waals surface area contributed by atoms with Crippen molar-refractivity contribution in [3.05, 3.63) is 82.3 Å². The molecule has 0 saturated heterocycles. The monoisotopic (exact) mass is 344 g/mol. The van der Waals surface area contributed by atoms with E-state index in [2.05, 4.69) is 15.9 Å². The van der Waals surface area contributed by atoms with Crippen LogP contribution in [0.4, 0.5) is 4.39 Å². The highest BCUT2D eigenvalue weighted by molar-refractivity contribution is 9.10. The lowest BCUT2D eigenvalue weighted by molar-refractivity contribution is 0.103. The zero-order valence-corrected chi connectivity index (χ0v) is 12.4. The molecule has 0 aliphatic carbocycles. The maximum Gasteiger partial charge on any atom is 0.193 e. The zero-order valence-electron chi connectivity index (χ0n) is 10.8. The second kappa shape index (κ2) is 5.66. The van der Waals surface area contributed by atoms with Crippen LogP contribution < -0.4 is 0 Å². The first-order valence-electron chi connectivity index (χ1n) is 6.29. The van der Waals surface area contributed by atoms with Crippen LogP contribution in [0.1, 0.15) is 15.9 Å². The van der Waals surface area contributed by atoms with E-state index in [-0.39, 0.29) is 11.6 Å². The molecule has 0 fully saturated rings. The van der Waals surface area contributed by atoms with E-state index in [1.54, 1.807) is 24.5 Å². The molecule has 2 aromatic carbocycles. The van der Waals surface area contributed by atoms with Crippen molar-refractivity contribution in [1.29, 1.82) is 0 Å². The summed E-state index contributed by atoms with van der Waals surface area (Å²) in [6, 6.07) is 14.5. The van der Waals surface area contributed by atoms with Gasteiger partial charge in [-0.05, 0) is 54.6 Å². The average molecular weight is 345 g/mol. The molecule has 0 radical (unpaired) electrons. The van der Waals surface area contributed by atoms with Gasteiger partial charge in [0.2, 0.25) is 0 Å². The fourth-order valence-corrected chi connectivity index (χ4v) is 2.47. The Kier molecular flexibility index (Phi) is 3.71. The molecule has 2 nitrogen and oxygen atoms in total. The molecule has 0 N–H and O–H groups in total. The molecule has 0 bridgehead atoms. The third-order valence-corrected chi connectivity index (χ3v) is 3.61. The van der Waals surface area contributed by atoms with Gasteiger partial charge in [0.05, 0.1) is 6.26 Å². The van der Waals surface area contributed by atoms with Crippen LogP contribution in [0.25, 0.3) is 11.3 Å². The molecule has 0 spiro atoms. The summed E-state index contributed by atoms with van der Waals surface area (Å²) in [5, 5.41) is 0. The van der Waals surface area contributed by atoms with Gasteiger partial charge in [-0.2, -0.15) is 0 Å². The summed E-state index contributed by atoms with van der Waals surface area (Å²) >= 11 is 3.37. The normalized spacial score (nSPS) is 10.6. The summed E-state index contributed by atoms with van der Waals surface area (Å²) < 4.78 is 19.2. The van der Waals surface area contributed by atoms with Crippen molar-refractivity contribution in [3.63, 3.8) is 0 Å². The molecule has 0 aliphatic heterocycles. The van der Waals surface area contributed by atoms with Crippen molar-refractivity contribution in [2.24, 2.45) is 0 Å². The molecule has 0 atom stereocenters. The third kappa shape index (κ3) is 2.81. The molecule has 1 aromatic heterocycles. The van der Waals surface area contributed by atoms with Crippen molar-refractivity contribution in [2.75, 3.05) is 0 Å². The molecule has 3 rings (SSSR count). The molecule has 0 amide bonds. The highest BCUT2D eigenvalue weighted by atomic mass is 79.9. The van der Waals surface area contributed by atoms with Crippen LogP contribution in [0.15, 0.2) is 69.8 Å². The van der Waals surface area contributed by atoms with Crippen LogP contribution in [0, 0.1) is 5.82 Å². The van der Waals surface area contributed by atoms with Crippen molar-refractivity contribution in [1.82, 2.24) is 0 Å². The van der Waals surface area contributed by atoms with Gasteiger partial charge in [0.25, 0.3) is 0 Å². The number of carbonyl (C=O) groups is 1. The van der Waals surface area contributed by atoms with E-state index in [1.807, 2.05) is 12.1 Å². The molecule has 0 saturated carbocycles. The summed E-state index contributed by atoms with van der Waals surface area (Å²) in [6.45, 7) is 0. The maximum absolute atomic E-state index is 13.0. The summed E-state index contributed by atoms with van der Waals surface area (Å²) in [6.07, 6.45) is 1.56. The molecule has 21 heavy (non-hydrogen) atoms. The van der Waals surface area contributed by atoms with Crippen molar-refractivity contribution in [3.8, 4) is 11.3 Å². The van der Waals surface area contributed by atoms with Crippen LogP contribution in [-0.4, -0.2) is 5.78 Å².